The first kappa shape index (κ1) is 28.1. The van der Waals surface area contributed by atoms with Crippen LogP contribution in [0.25, 0.3) is 6.08 Å². The maximum atomic E-state index is 13.1. The molecule has 0 aromatic heterocycles. The molecule has 200 valence electrons. The first-order valence-corrected chi connectivity index (χ1v) is 14.9. The number of benzene rings is 2. The van der Waals surface area contributed by atoms with E-state index in [0.717, 1.165) is 0 Å². The zero-order valence-electron chi connectivity index (χ0n) is 23.0. The Morgan fingerprint density at radius 1 is 0.919 bits per heavy atom. The number of ether oxygens (including phenoxy) is 5. The van der Waals surface area contributed by atoms with Crippen molar-refractivity contribution >= 4 is 26.3 Å². The molecule has 0 saturated carbocycles. The number of fused-ring (bicyclic) bond motifs is 1. The van der Waals surface area contributed by atoms with E-state index in [1.54, 1.807) is 32.4 Å². The Labute approximate surface area is 219 Å². The van der Waals surface area contributed by atoms with Gasteiger partial charge in [0.25, 0.3) is 8.32 Å². The van der Waals surface area contributed by atoms with E-state index >= 15 is 0 Å². The molecule has 0 amide bonds. The van der Waals surface area contributed by atoms with Crippen molar-refractivity contribution in [1.29, 1.82) is 0 Å². The molecule has 0 fully saturated rings. The molecule has 0 radical (unpaired) electrons. The fourth-order valence-electron chi connectivity index (χ4n) is 3.86. The van der Waals surface area contributed by atoms with Gasteiger partial charge in [-0.15, -0.1) is 0 Å². The lowest BCUT2D eigenvalue weighted by Gasteiger charge is -2.36. The van der Waals surface area contributed by atoms with Gasteiger partial charge in [0.1, 0.15) is 17.8 Å². The molecule has 0 N–H and O–H groups in total. The van der Waals surface area contributed by atoms with Gasteiger partial charge in [-0.25, -0.2) is 4.79 Å². The Kier molecular flexibility index (Phi) is 8.27. The second-order valence-electron chi connectivity index (χ2n) is 10.3. The van der Waals surface area contributed by atoms with Crippen molar-refractivity contribution in [1.82, 2.24) is 0 Å². The Balaban J connectivity index is 2.20. The second-order valence-corrected chi connectivity index (χ2v) is 15.0. The summed E-state index contributed by atoms with van der Waals surface area (Å²) in [7, 11) is 3.48. The summed E-state index contributed by atoms with van der Waals surface area (Å²) in [5, 5.41) is -0.0825. The average molecular weight is 529 g/mol. The molecule has 2 aromatic carbocycles. The highest BCUT2D eigenvalue weighted by molar-refractivity contribution is 6.74. The zero-order valence-corrected chi connectivity index (χ0v) is 24.0. The highest BCUT2D eigenvalue weighted by Crippen LogP contribution is 2.53. The predicted octanol–water partition coefficient (Wildman–Crippen LogP) is 5.66. The quantitative estimate of drug-likeness (QED) is 0.246. The van der Waals surface area contributed by atoms with Gasteiger partial charge in [-0.3, -0.25) is 4.79 Å². The fourth-order valence-corrected chi connectivity index (χ4v) is 4.87. The van der Waals surface area contributed by atoms with Crippen LogP contribution in [-0.4, -0.2) is 48.7 Å². The van der Waals surface area contributed by atoms with Gasteiger partial charge in [0.2, 0.25) is 0 Å². The summed E-state index contributed by atoms with van der Waals surface area (Å²) >= 11 is 0. The van der Waals surface area contributed by atoms with Gasteiger partial charge >= 0.3 is 11.9 Å². The number of rotatable bonds is 8. The van der Waals surface area contributed by atoms with Gasteiger partial charge < -0.3 is 28.1 Å². The smallest absolute Gasteiger partial charge is 0.330 e. The summed E-state index contributed by atoms with van der Waals surface area (Å²) < 4.78 is 33.9. The van der Waals surface area contributed by atoms with Gasteiger partial charge in [0.05, 0.1) is 28.4 Å². The molecule has 0 aliphatic carbocycles. The molecule has 0 saturated heterocycles. The van der Waals surface area contributed by atoms with Crippen LogP contribution in [0.15, 0.2) is 36.4 Å². The monoisotopic (exact) mass is 528 g/mol. The third kappa shape index (κ3) is 5.77. The number of hydrogen-bond acceptors (Lipinski definition) is 8. The first-order valence-electron chi connectivity index (χ1n) is 12.0. The Bertz CT molecular complexity index is 1200. The minimum absolute atomic E-state index is 0.0825. The van der Waals surface area contributed by atoms with Gasteiger partial charge in [-0.05, 0) is 59.6 Å². The van der Waals surface area contributed by atoms with Gasteiger partial charge in [0.15, 0.2) is 17.2 Å². The van der Waals surface area contributed by atoms with Crippen molar-refractivity contribution < 1.29 is 37.7 Å². The molecule has 1 heterocycles. The number of hydrogen-bond donors (Lipinski definition) is 0. The summed E-state index contributed by atoms with van der Waals surface area (Å²) in [6, 6.07) is 9.03. The lowest BCUT2D eigenvalue weighted by Crippen LogP contribution is -2.43. The second kappa shape index (κ2) is 10.9. The molecular formula is C28H36O8Si. The topological polar surface area (TPSA) is 89.5 Å². The molecule has 37 heavy (non-hydrogen) atoms. The molecule has 1 aliphatic heterocycles. The van der Waals surface area contributed by atoms with Crippen molar-refractivity contribution in [3.8, 4) is 23.0 Å². The standard InChI is InChI=1S/C28H36O8Si/c1-28(2,3)37(8,9)36-22-15-17(10-13-23(29)33-6)14-19-24(27(30)34-7)25(35-26(19)22)18-11-12-20(31-4)21(16-18)32-5/h10-16,24-25H,1-9H3/b13-10+/t24-,25+/m1/s1. The molecular weight excluding hydrogens is 492 g/mol. The van der Waals surface area contributed by atoms with Gasteiger partial charge in [0, 0.05) is 11.6 Å². The summed E-state index contributed by atoms with van der Waals surface area (Å²) in [5.74, 6) is 0.366. The Hall–Kier alpha value is -3.46. The maximum Gasteiger partial charge on any atom is 0.330 e. The Morgan fingerprint density at radius 2 is 1.59 bits per heavy atom. The van der Waals surface area contributed by atoms with Crippen LogP contribution in [-0.2, 0) is 19.1 Å². The summed E-state index contributed by atoms with van der Waals surface area (Å²) in [6.45, 7) is 10.7. The van der Waals surface area contributed by atoms with Crippen molar-refractivity contribution in [3.63, 3.8) is 0 Å². The van der Waals surface area contributed by atoms with E-state index in [4.69, 9.17) is 28.1 Å². The van der Waals surface area contributed by atoms with E-state index in [-0.39, 0.29) is 5.04 Å². The predicted molar refractivity (Wildman–Crippen MR) is 143 cm³/mol. The van der Waals surface area contributed by atoms with Crippen LogP contribution >= 0.6 is 0 Å². The average Bonchev–Trinajstić information content (AvgIpc) is 3.25. The summed E-state index contributed by atoms with van der Waals surface area (Å²) in [5.41, 5.74) is 2.00. The van der Waals surface area contributed by atoms with Crippen LogP contribution in [0.2, 0.25) is 18.1 Å². The molecule has 1 aliphatic rings. The van der Waals surface area contributed by atoms with Crippen molar-refractivity contribution in [2.24, 2.45) is 0 Å². The van der Waals surface area contributed by atoms with Crippen LogP contribution in [0.5, 0.6) is 23.0 Å². The third-order valence-electron chi connectivity index (χ3n) is 6.96. The number of esters is 2. The van der Waals surface area contributed by atoms with E-state index < -0.39 is 32.3 Å². The van der Waals surface area contributed by atoms with Crippen LogP contribution in [0.3, 0.4) is 0 Å². The van der Waals surface area contributed by atoms with Gasteiger partial charge in [-0.2, -0.15) is 0 Å². The minimum atomic E-state index is -2.30. The van der Waals surface area contributed by atoms with E-state index in [1.807, 2.05) is 18.2 Å². The largest absolute Gasteiger partial charge is 0.541 e. The molecule has 2 aromatic rings. The number of methoxy groups -OCH3 is 4. The SMILES string of the molecule is COC(=O)/C=C/c1cc(O[Si](C)(C)C(C)(C)C)c2c(c1)[C@@H](C(=O)OC)[C@H](c1ccc(OC)c(OC)c1)O2. The van der Waals surface area contributed by atoms with Crippen molar-refractivity contribution in [3.05, 3.63) is 53.1 Å². The fraction of sp³-hybridized carbons (Fsp3) is 0.429. The van der Waals surface area contributed by atoms with Crippen LogP contribution in [0.4, 0.5) is 0 Å². The van der Waals surface area contributed by atoms with E-state index in [2.05, 4.69) is 33.9 Å². The molecule has 9 heteroatoms. The molecule has 0 bridgehead atoms. The molecule has 2 atom stereocenters. The lowest BCUT2D eigenvalue weighted by molar-refractivity contribution is -0.144. The summed E-state index contributed by atoms with van der Waals surface area (Å²) in [6.07, 6.45) is 2.26. The molecule has 0 unspecified atom stereocenters. The molecule has 8 nitrogen and oxygen atoms in total. The molecule has 0 spiro atoms. The number of carbonyl (C=O) groups excluding carboxylic acids is 2. The minimum Gasteiger partial charge on any atom is -0.541 e. The van der Waals surface area contributed by atoms with Crippen LogP contribution < -0.4 is 18.6 Å². The molecule has 3 rings (SSSR count). The van der Waals surface area contributed by atoms with Gasteiger partial charge in [-0.1, -0.05) is 26.8 Å². The zero-order chi connectivity index (χ0) is 27.5. The maximum absolute atomic E-state index is 13.1. The van der Waals surface area contributed by atoms with Crippen molar-refractivity contribution in [2.75, 3.05) is 28.4 Å². The highest BCUT2D eigenvalue weighted by Gasteiger charge is 2.45. The highest BCUT2D eigenvalue weighted by atomic mass is 28.4. The lowest BCUT2D eigenvalue weighted by atomic mass is 9.90. The Morgan fingerprint density at radius 3 is 2.16 bits per heavy atom. The van der Waals surface area contributed by atoms with Crippen LogP contribution in [0, 0.1) is 0 Å². The van der Waals surface area contributed by atoms with Crippen molar-refractivity contribution in [2.45, 2.75) is 50.9 Å². The first-order chi connectivity index (χ1) is 17.4. The van der Waals surface area contributed by atoms with E-state index in [9.17, 15) is 9.59 Å². The normalized spacial score (nSPS) is 17.1. The number of carbonyl (C=O) groups is 2. The van der Waals surface area contributed by atoms with Crippen LogP contribution in [0.1, 0.15) is 49.5 Å². The van der Waals surface area contributed by atoms with E-state index in [0.29, 0.717) is 39.7 Å². The third-order valence-corrected chi connectivity index (χ3v) is 11.3. The van der Waals surface area contributed by atoms with E-state index in [1.165, 1.54) is 20.3 Å². The summed E-state index contributed by atoms with van der Waals surface area (Å²) in [4.78, 5) is 24.9.